The maximum atomic E-state index is 10.6. The molecule has 6 nitrogen and oxygen atoms in total. The molecule has 0 spiro atoms. The molecule has 2 rings (SSSR count). The Bertz CT molecular complexity index is 455. The number of hydrogen-bond donors (Lipinski definition) is 2. The fourth-order valence-corrected chi connectivity index (χ4v) is 2.21. The summed E-state index contributed by atoms with van der Waals surface area (Å²) in [5, 5.41) is 20.0. The van der Waals surface area contributed by atoms with E-state index < -0.39 is 16.6 Å². The van der Waals surface area contributed by atoms with Crippen molar-refractivity contribution in [3.63, 3.8) is 0 Å². The molecule has 6 heteroatoms. The van der Waals surface area contributed by atoms with E-state index in [0.717, 1.165) is 0 Å². The first-order valence-corrected chi connectivity index (χ1v) is 5.26. The van der Waals surface area contributed by atoms with Crippen LogP contribution in [0.15, 0.2) is 18.2 Å². The number of nitrogens with two attached hydrogens (primary N) is 1. The zero-order chi connectivity index (χ0) is 12.6. The number of aliphatic hydroxyl groups excluding tert-OH is 1. The molecule has 3 N–H and O–H groups in total. The highest BCUT2D eigenvalue weighted by Crippen LogP contribution is 2.43. The van der Waals surface area contributed by atoms with Crippen molar-refractivity contribution in [2.24, 2.45) is 5.73 Å². The van der Waals surface area contributed by atoms with Crippen LogP contribution in [0.25, 0.3) is 0 Å². The van der Waals surface area contributed by atoms with Gasteiger partial charge in [-0.05, 0) is 18.9 Å². The lowest BCUT2D eigenvalue weighted by Crippen LogP contribution is -2.51. The highest BCUT2D eigenvalue weighted by Gasteiger charge is 2.43. The van der Waals surface area contributed by atoms with Gasteiger partial charge < -0.3 is 15.6 Å². The summed E-state index contributed by atoms with van der Waals surface area (Å²) in [5.74, 6) is 0.397. The van der Waals surface area contributed by atoms with Gasteiger partial charge in [-0.2, -0.15) is 0 Å². The average Bonchev–Trinajstić information content (AvgIpc) is 2.26. The van der Waals surface area contributed by atoms with Gasteiger partial charge in [0.2, 0.25) is 0 Å². The molecule has 1 aliphatic rings. The van der Waals surface area contributed by atoms with Gasteiger partial charge >= 0.3 is 0 Å². The number of hydrogen-bond acceptors (Lipinski definition) is 5. The second-order valence-corrected chi connectivity index (χ2v) is 4.36. The lowest BCUT2D eigenvalue weighted by atomic mass is 9.70. The summed E-state index contributed by atoms with van der Waals surface area (Å²) in [4.78, 5) is 10.2. The Morgan fingerprint density at radius 3 is 2.71 bits per heavy atom. The van der Waals surface area contributed by atoms with Crippen LogP contribution in [-0.2, 0) is 5.54 Å². The van der Waals surface area contributed by atoms with Crippen LogP contribution in [-0.4, -0.2) is 23.2 Å². The van der Waals surface area contributed by atoms with E-state index in [9.17, 15) is 15.2 Å². The lowest BCUT2D eigenvalue weighted by Gasteiger charge is -2.43. The SMILES string of the molecule is COc1cc([N+](=O)[O-])ccc1C1(N)CC(O)C1. The predicted octanol–water partition coefficient (Wildman–Crippen LogP) is 0.912. The van der Waals surface area contributed by atoms with Gasteiger partial charge in [-0.3, -0.25) is 10.1 Å². The Hall–Kier alpha value is -1.66. The molecule has 0 amide bonds. The van der Waals surface area contributed by atoms with Gasteiger partial charge in [-0.1, -0.05) is 0 Å². The van der Waals surface area contributed by atoms with E-state index in [-0.39, 0.29) is 5.69 Å². The summed E-state index contributed by atoms with van der Waals surface area (Å²) in [6.07, 6.45) is 0.488. The number of nitrogens with zero attached hydrogens (tertiary/aromatic N) is 1. The molecule has 0 aliphatic heterocycles. The van der Waals surface area contributed by atoms with Crippen molar-refractivity contribution in [3.05, 3.63) is 33.9 Å². The number of methoxy groups -OCH3 is 1. The summed E-state index contributed by atoms with van der Waals surface area (Å²) in [6, 6.07) is 4.36. The number of ether oxygens (including phenoxy) is 1. The summed E-state index contributed by atoms with van der Waals surface area (Å²) in [7, 11) is 1.45. The molecule has 1 fully saturated rings. The van der Waals surface area contributed by atoms with E-state index in [1.807, 2.05) is 0 Å². The summed E-state index contributed by atoms with van der Waals surface area (Å²) in [6.45, 7) is 0. The largest absolute Gasteiger partial charge is 0.496 e. The summed E-state index contributed by atoms with van der Waals surface area (Å²) in [5.41, 5.74) is 6.14. The maximum Gasteiger partial charge on any atom is 0.273 e. The molecule has 1 aliphatic carbocycles. The van der Waals surface area contributed by atoms with Crippen LogP contribution in [0.4, 0.5) is 5.69 Å². The topological polar surface area (TPSA) is 98.6 Å². The van der Waals surface area contributed by atoms with Crippen molar-refractivity contribution in [2.45, 2.75) is 24.5 Å². The second kappa shape index (κ2) is 3.97. The van der Waals surface area contributed by atoms with Gasteiger partial charge in [0.05, 0.1) is 24.2 Å². The van der Waals surface area contributed by atoms with Crippen LogP contribution in [0.1, 0.15) is 18.4 Å². The third-order valence-electron chi connectivity index (χ3n) is 3.13. The molecule has 0 aromatic heterocycles. The van der Waals surface area contributed by atoms with Gasteiger partial charge in [0, 0.05) is 17.2 Å². The minimum absolute atomic E-state index is 0.0333. The zero-order valence-electron chi connectivity index (χ0n) is 9.42. The van der Waals surface area contributed by atoms with Crippen molar-refractivity contribution in [1.82, 2.24) is 0 Å². The van der Waals surface area contributed by atoms with Crippen LogP contribution >= 0.6 is 0 Å². The van der Waals surface area contributed by atoms with Crippen LogP contribution in [0.3, 0.4) is 0 Å². The number of nitro benzene ring substituents is 1. The fraction of sp³-hybridized carbons (Fsp3) is 0.455. The molecule has 0 unspecified atom stereocenters. The Balaban J connectivity index is 2.38. The molecule has 0 radical (unpaired) electrons. The first-order chi connectivity index (χ1) is 7.96. The first kappa shape index (κ1) is 11.8. The third-order valence-corrected chi connectivity index (χ3v) is 3.13. The molecule has 0 saturated heterocycles. The molecular formula is C11H14N2O4. The Labute approximate surface area is 98.2 Å². The van der Waals surface area contributed by atoms with Gasteiger partial charge in [0.1, 0.15) is 5.75 Å². The zero-order valence-corrected chi connectivity index (χ0v) is 9.42. The van der Waals surface area contributed by atoms with E-state index >= 15 is 0 Å². The van der Waals surface area contributed by atoms with Crippen molar-refractivity contribution < 1.29 is 14.8 Å². The monoisotopic (exact) mass is 238 g/mol. The predicted molar refractivity (Wildman–Crippen MR) is 60.8 cm³/mol. The lowest BCUT2D eigenvalue weighted by molar-refractivity contribution is -0.385. The standard InChI is InChI=1S/C11H14N2O4/c1-17-10-4-7(13(15)16)2-3-9(10)11(12)5-8(14)6-11/h2-4,8,14H,5-6,12H2,1H3. The summed E-state index contributed by atoms with van der Waals surface area (Å²) >= 11 is 0. The molecule has 1 aromatic rings. The Kier molecular flexibility index (Phi) is 2.76. The van der Waals surface area contributed by atoms with E-state index in [4.69, 9.17) is 10.5 Å². The highest BCUT2D eigenvalue weighted by atomic mass is 16.6. The van der Waals surface area contributed by atoms with Gasteiger partial charge in [0.25, 0.3) is 5.69 Å². The number of rotatable bonds is 3. The van der Waals surface area contributed by atoms with Crippen molar-refractivity contribution >= 4 is 5.69 Å². The van der Waals surface area contributed by atoms with Gasteiger partial charge in [-0.25, -0.2) is 0 Å². The van der Waals surface area contributed by atoms with Crippen LogP contribution in [0.2, 0.25) is 0 Å². The van der Waals surface area contributed by atoms with Gasteiger partial charge in [-0.15, -0.1) is 0 Å². The van der Waals surface area contributed by atoms with Crippen LogP contribution in [0, 0.1) is 10.1 Å². The Morgan fingerprint density at radius 1 is 1.59 bits per heavy atom. The molecule has 0 atom stereocenters. The smallest absolute Gasteiger partial charge is 0.273 e. The van der Waals surface area contributed by atoms with Crippen molar-refractivity contribution in [1.29, 1.82) is 0 Å². The maximum absolute atomic E-state index is 10.6. The number of non-ortho nitro benzene ring substituents is 1. The molecular weight excluding hydrogens is 224 g/mol. The summed E-state index contributed by atoms with van der Waals surface area (Å²) < 4.78 is 5.13. The minimum Gasteiger partial charge on any atom is -0.496 e. The van der Waals surface area contributed by atoms with Crippen molar-refractivity contribution in [3.8, 4) is 5.75 Å². The molecule has 1 aromatic carbocycles. The Morgan fingerprint density at radius 2 is 2.24 bits per heavy atom. The van der Waals surface area contributed by atoms with Crippen molar-refractivity contribution in [2.75, 3.05) is 7.11 Å². The molecule has 92 valence electrons. The van der Waals surface area contributed by atoms with E-state index in [1.165, 1.54) is 19.2 Å². The third kappa shape index (κ3) is 1.96. The number of nitro groups is 1. The minimum atomic E-state index is -0.639. The van der Waals surface area contributed by atoms with E-state index in [1.54, 1.807) is 6.07 Å². The molecule has 17 heavy (non-hydrogen) atoms. The van der Waals surface area contributed by atoms with Gasteiger partial charge in [0.15, 0.2) is 0 Å². The quantitative estimate of drug-likeness (QED) is 0.602. The van der Waals surface area contributed by atoms with Crippen LogP contribution < -0.4 is 10.5 Å². The normalized spacial score (nSPS) is 27.4. The second-order valence-electron chi connectivity index (χ2n) is 4.36. The average molecular weight is 238 g/mol. The first-order valence-electron chi connectivity index (χ1n) is 5.26. The van der Waals surface area contributed by atoms with E-state index in [2.05, 4.69) is 0 Å². The molecule has 0 heterocycles. The van der Waals surface area contributed by atoms with Crippen LogP contribution in [0.5, 0.6) is 5.75 Å². The highest BCUT2D eigenvalue weighted by molar-refractivity contribution is 5.48. The molecule has 0 bridgehead atoms. The number of benzene rings is 1. The number of aliphatic hydroxyl groups is 1. The molecule has 1 saturated carbocycles. The van der Waals surface area contributed by atoms with E-state index in [0.29, 0.717) is 24.2 Å². The fourth-order valence-electron chi connectivity index (χ4n) is 2.21.